The van der Waals surface area contributed by atoms with Crippen molar-refractivity contribution in [3.63, 3.8) is 0 Å². The van der Waals surface area contributed by atoms with Gasteiger partial charge < -0.3 is 24.3 Å². The van der Waals surface area contributed by atoms with E-state index in [-0.39, 0.29) is 12.1 Å². The predicted octanol–water partition coefficient (Wildman–Crippen LogP) is 5.28. The van der Waals surface area contributed by atoms with E-state index >= 15 is 0 Å². The van der Waals surface area contributed by atoms with E-state index in [0.717, 1.165) is 22.9 Å². The highest BCUT2D eigenvalue weighted by atomic mass is 32.1. The molecule has 7 heteroatoms. The SMILES string of the molecule is COc1ccc(OC)c(N2C(=S)N[C@@H](c3ccccn3)[C@H]2c2cc(C)n(C(C)C)c2C)c1. The van der Waals surface area contributed by atoms with E-state index in [1.54, 1.807) is 14.2 Å². The van der Waals surface area contributed by atoms with Crippen LogP contribution in [0.3, 0.4) is 0 Å². The van der Waals surface area contributed by atoms with E-state index in [1.807, 2.05) is 42.6 Å². The molecule has 3 aromatic rings. The highest BCUT2D eigenvalue weighted by molar-refractivity contribution is 7.80. The van der Waals surface area contributed by atoms with Crippen molar-refractivity contribution < 1.29 is 9.47 Å². The monoisotopic (exact) mass is 450 g/mol. The molecular weight excluding hydrogens is 420 g/mol. The third kappa shape index (κ3) is 3.71. The second kappa shape index (κ2) is 8.82. The molecule has 0 saturated carbocycles. The Labute approximate surface area is 195 Å². The molecular formula is C25H30N4O2S. The Morgan fingerprint density at radius 2 is 1.84 bits per heavy atom. The summed E-state index contributed by atoms with van der Waals surface area (Å²) >= 11 is 5.88. The van der Waals surface area contributed by atoms with Crippen molar-refractivity contribution in [1.29, 1.82) is 0 Å². The summed E-state index contributed by atoms with van der Waals surface area (Å²) in [5, 5.41) is 4.16. The van der Waals surface area contributed by atoms with Gasteiger partial charge in [-0.3, -0.25) is 4.98 Å². The van der Waals surface area contributed by atoms with Gasteiger partial charge in [0.15, 0.2) is 5.11 Å². The average Bonchev–Trinajstić information content (AvgIpc) is 3.28. The number of aryl methyl sites for hydroxylation is 1. The van der Waals surface area contributed by atoms with Crippen molar-refractivity contribution in [1.82, 2.24) is 14.9 Å². The molecule has 0 radical (unpaired) electrons. The van der Waals surface area contributed by atoms with Crippen LogP contribution in [0.15, 0.2) is 48.7 Å². The van der Waals surface area contributed by atoms with E-state index in [2.05, 4.69) is 53.5 Å². The average molecular weight is 451 g/mol. The molecule has 2 atom stereocenters. The number of nitrogens with zero attached hydrogens (tertiary/aromatic N) is 3. The topological polar surface area (TPSA) is 51.6 Å². The normalized spacial score (nSPS) is 18.2. The van der Waals surface area contributed by atoms with E-state index < -0.39 is 0 Å². The fourth-order valence-corrected chi connectivity index (χ4v) is 5.15. The lowest BCUT2D eigenvalue weighted by Crippen LogP contribution is -2.30. The molecule has 1 N–H and O–H groups in total. The minimum absolute atomic E-state index is 0.0999. The van der Waals surface area contributed by atoms with Crippen LogP contribution in [-0.2, 0) is 0 Å². The van der Waals surface area contributed by atoms with Crippen LogP contribution < -0.4 is 19.7 Å². The summed E-state index contributed by atoms with van der Waals surface area (Å²) in [6, 6.07) is 14.2. The highest BCUT2D eigenvalue weighted by Crippen LogP contribution is 2.47. The molecule has 0 aliphatic carbocycles. The molecule has 0 spiro atoms. The zero-order valence-corrected chi connectivity index (χ0v) is 20.2. The Balaban J connectivity index is 1.94. The summed E-state index contributed by atoms with van der Waals surface area (Å²) in [4.78, 5) is 6.80. The number of thiocarbonyl (C=S) groups is 1. The van der Waals surface area contributed by atoms with E-state index in [9.17, 15) is 0 Å². The lowest BCUT2D eigenvalue weighted by Gasteiger charge is -2.29. The number of pyridine rings is 1. The molecule has 1 saturated heterocycles. The first kappa shape index (κ1) is 22.1. The van der Waals surface area contributed by atoms with Gasteiger partial charge in [0.25, 0.3) is 0 Å². The second-order valence-electron chi connectivity index (χ2n) is 8.32. The van der Waals surface area contributed by atoms with Gasteiger partial charge in [-0.2, -0.15) is 0 Å². The lowest BCUT2D eigenvalue weighted by atomic mass is 9.96. The molecule has 1 fully saturated rings. The fourth-order valence-electron chi connectivity index (χ4n) is 4.81. The maximum absolute atomic E-state index is 5.88. The number of methoxy groups -OCH3 is 2. The number of anilines is 1. The second-order valence-corrected chi connectivity index (χ2v) is 8.71. The number of benzene rings is 1. The summed E-state index contributed by atoms with van der Waals surface area (Å²) < 4.78 is 13.6. The molecule has 3 heterocycles. The minimum atomic E-state index is -0.110. The third-order valence-corrected chi connectivity index (χ3v) is 6.42. The van der Waals surface area contributed by atoms with Crippen LogP contribution in [0.2, 0.25) is 0 Å². The molecule has 6 nitrogen and oxygen atoms in total. The largest absolute Gasteiger partial charge is 0.497 e. The highest BCUT2D eigenvalue weighted by Gasteiger charge is 2.43. The van der Waals surface area contributed by atoms with Gasteiger partial charge in [0.2, 0.25) is 0 Å². The molecule has 0 unspecified atom stereocenters. The summed E-state index contributed by atoms with van der Waals surface area (Å²) in [7, 11) is 3.34. The number of aromatic nitrogens is 2. The number of ether oxygens (including phenoxy) is 2. The van der Waals surface area contributed by atoms with Crippen molar-refractivity contribution in [2.75, 3.05) is 19.1 Å². The molecule has 0 amide bonds. The minimum Gasteiger partial charge on any atom is -0.497 e. The maximum Gasteiger partial charge on any atom is 0.174 e. The Morgan fingerprint density at radius 3 is 2.44 bits per heavy atom. The first-order valence-electron chi connectivity index (χ1n) is 10.8. The number of rotatable bonds is 6. The van der Waals surface area contributed by atoms with Gasteiger partial charge in [-0.15, -0.1) is 0 Å². The standard InChI is InChI=1S/C25H30N4O2S/c1-15(2)28-16(3)13-19(17(28)4)24-23(20-9-7-8-12-26-20)27-25(32)29(24)21-14-18(30-5)10-11-22(21)31-6/h7-15,23-24H,1-6H3,(H,27,32)/t23-,24+/m0/s1. The van der Waals surface area contributed by atoms with Crippen LogP contribution in [0.4, 0.5) is 5.69 Å². The van der Waals surface area contributed by atoms with Gasteiger partial charge in [0.05, 0.1) is 37.7 Å². The van der Waals surface area contributed by atoms with E-state index in [0.29, 0.717) is 11.2 Å². The zero-order valence-electron chi connectivity index (χ0n) is 19.4. The van der Waals surface area contributed by atoms with Crippen molar-refractivity contribution >= 4 is 23.0 Å². The fraction of sp³-hybridized carbons (Fsp3) is 0.360. The molecule has 4 rings (SSSR count). The number of hydrogen-bond donors (Lipinski definition) is 1. The van der Waals surface area contributed by atoms with Crippen molar-refractivity contribution in [3.05, 3.63) is 71.3 Å². The summed E-state index contributed by atoms with van der Waals surface area (Å²) in [6.07, 6.45) is 1.82. The van der Waals surface area contributed by atoms with Crippen LogP contribution in [0.25, 0.3) is 0 Å². The first-order valence-corrected chi connectivity index (χ1v) is 11.2. The predicted molar refractivity (Wildman–Crippen MR) is 132 cm³/mol. The molecule has 168 valence electrons. The van der Waals surface area contributed by atoms with Crippen LogP contribution in [-0.4, -0.2) is 28.9 Å². The molecule has 1 aliphatic rings. The maximum atomic E-state index is 5.88. The molecule has 32 heavy (non-hydrogen) atoms. The summed E-state index contributed by atoms with van der Waals surface area (Å²) in [5.74, 6) is 1.48. The smallest absolute Gasteiger partial charge is 0.174 e. The summed E-state index contributed by atoms with van der Waals surface area (Å²) in [6.45, 7) is 8.75. The third-order valence-electron chi connectivity index (χ3n) is 6.10. The molecule has 1 aromatic carbocycles. The molecule has 1 aliphatic heterocycles. The van der Waals surface area contributed by atoms with Gasteiger partial charge >= 0.3 is 0 Å². The van der Waals surface area contributed by atoms with Gasteiger partial charge in [-0.05, 0) is 75.8 Å². The number of hydrogen-bond acceptors (Lipinski definition) is 4. The Bertz CT molecular complexity index is 1130. The van der Waals surface area contributed by atoms with E-state index in [1.165, 1.54) is 17.0 Å². The molecule has 0 bridgehead atoms. The zero-order chi connectivity index (χ0) is 23.0. The van der Waals surface area contributed by atoms with Crippen LogP contribution in [0.5, 0.6) is 11.5 Å². The van der Waals surface area contributed by atoms with Crippen molar-refractivity contribution in [3.8, 4) is 11.5 Å². The van der Waals surface area contributed by atoms with Crippen LogP contribution >= 0.6 is 12.2 Å². The van der Waals surface area contributed by atoms with Crippen LogP contribution in [0.1, 0.15) is 54.6 Å². The lowest BCUT2D eigenvalue weighted by molar-refractivity contribution is 0.403. The van der Waals surface area contributed by atoms with Crippen LogP contribution in [0, 0.1) is 13.8 Å². The van der Waals surface area contributed by atoms with Gasteiger partial charge in [0.1, 0.15) is 11.5 Å². The Hall–Kier alpha value is -3.06. The first-order chi connectivity index (χ1) is 15.4. The van der Waals surface area contributed by atoms with Gasteiger partial charge in [-0.25, -0.2) is 0 Å². The molecule has 2 aromatic heterocycles. The Kier molecular flexibility index (Phi) is 6.11. The Morgan fingerprint density at radius 1 is 1.06 bits per heavy atom. The summed E-state index contributed by atoms with van der Waals surface area (Å²) in [5.41, 5.74) is 5.47. The number of nitrogens with one attached hydrogen (secondary N) is 1. The van der Waals surface area contributed by atoms with Gasteiger partial charge in [0, 0.05) is 29.7 Å². The van der Waals surface area contributed by atoms with E-state index in [4.69, 9.17) is 21.7 Å². The van der Waals surface area contributed by atoms with Gasteiger partial charge in [-0.1, -0.05) is 6.07 Å². The van der Waals surface area contributed by atoms with Crippen molar-refractivity contribution in [2.24, 2.45) is 0 Å². The quantitative estimate of drug-likeness (QED) is 0.516. The van der Waals surface area contributed by atoms with Crippen molar-refractivity contribution in [2.45, 2.75) is 45.8 Å².